The summed E-state index contributed by atoms with van der Waals surface area (Å²) in [7, 11) is -3.96. The highest BCUT2D eigenvalue weighted by Crippen LogP contribution is 2.56. The zero-order chi connectivity index (χ0) is 28.1. The van der Waals surface area contributed by atoms with E-state index in [1.807, 2.05) is 0 Å². The maximum Gasteiger partial charge on any atom is 0.192 e. The topological polar surface area (TPSA) is 22.1 Å². The number of rotatable bonds is 10. The van der Waals surface area contributed by atoms with Gasteiger partial charge in [-0.05, 0) is 80.0 Å². The predicted molar refractivity (Wildman–Crippen MR) is 177 cm³/mol. The number of thiazole rings is 1. The fraction of sp³-hybridized carbons (Fsp3) is 0.324. The van der Waals surface area contributed by atoms with Crippen LogP contribution in [0.4, 0.5) is 0 Å². The van der Waals surface area contributed by atoms with E-state index in [1.54, 1.807) is 11.3 Å². The molecule has 0 radical (unpaired) electrons. The van der Waals surface area contributed by atoms with Gasteiger partial charge in [0.15, 0.2) is 8.32 Å². The van der Waals surface area contributed by atoms with Crippen molar-refractivity contribution < 1.29 is 4.43 Å². The molecule has 2 nitrogen and oxygen atoms in total. The molecular weight excluding hydrogens is 530 g/mol. The van der Waals surface area contributed by atoms with Crippen molar-refractivity contribution in [1.82, 2.24) is 4.98 Å². The SMILES string of the molecule is CC(=Cc1csc(C)n1)C(CC[P+](c1ccccc1)(c1ccccc1)c1ccccc1)O[Si](C)(C)C(C)(C)C. The fourth-order valence-corrected chi connectivity index (χ4v) is 11.2. The average Bonchev–Trinajstić information content (AvgIpc) is 3.33. The van der Waals surface area contributed by atoms with Crippen LogP contribution in [-0.2, 0) is 4.43 Å². The van der Waals surface area contributed by atoms with E-state index in [0.29, 0.717) is 0 Å². The lowest BCUT2D eigenvalue weighted by molar-refractivity contribution is 0.211. The van der Waals surface area contributed by atoms with Crippen LogP contribution in [-0.4, -0.2) is 25.6 Å². The number of aryl methyl sites for hydroxylation is 1. The summed E-state index contributed by atoms with van der Waals surface area (Å²) in [6.07, 6.45) is 4.26. The molecule has 4 aromatic rings. The van der Waals surface area contributed by atoms with Gasteiger partial charge in [0.25, 0.3) is 0 Å². The van der Waals surface area contributed by atoms with Crippen LogP contribution < -0.4 is 15.9 Å². The van der Waals surface area contributed by atoms with Crippen molar-refractivity contribution in [1.29, 1.82) is 0 Å². The number of benzene rings is 3. The Morgan fingerprint density at radius 3 is 1.72 bits per heavy atom. The molecule has 0 saturated carbocycles. The second-order valence-electron chi connectivity index (χ2n) is 11.9. The third-order valence-electron chi connectivity index (χ3n) is 8.08. The molecule has 0 aliphatic carbocycles. The fourth-order valence-electron chi connectivity index (χ4n) is 4.88. The van der Waals surface area contributed by atoms with E-state index in [2.05, 4.69) is 150 Å². The largest absolute Gasteiger partial charge is 0.410 e. The van der Waals surface area contributed by atoms with Crippen molar-refractivity contribution in [3.63, 3.8) is 0 Å². The molecule has 0 saturated heterocycles. The molecule has 1 unspecified atom stereocenters. The van der Waals surface area contributed by atoms with Crippen LogP contribution in [0.25, 0.3) is 6.08 Å². The summed E-state index contributed by atoms with van der Waals surface area (Å²) in [5.74, 6) is 0. The van der Waals surface area contributed by atoms with E-state index >= 15 is 0 Å². The number of aromatic nitrogens is 1. The monoisotopic (exact) mass is 572 g/mol. The molecule has 4 rings (SSSR count). The maximum atomic E-state index is 7.21. The molecule has 0 N–H and O–H groups in total. The van der Waals surface area contributed by atoms with Crippen LogP contribution in [0.15, 0.2) is 102 Å². The van der Waals surface area contributed by atoms with Gasteiger partial charge in [0, 0.05) is 11.8 Å². The molecular formula is C34H43NOPSSi+. The summed E-state index contributed by atoms with van der Waals surface area (Å²) in [5.41, 5.74) is 2.30. The van der Waals surface area contributed by atoms with E-state index in [4.69, 9.17) is 9.41 Å². The first kappa shape index (κ1) is 29.6. The summed E-state index contributed by atoms with van der Waals surface area (Å²) in [4.78, 5) is 4.73. The van der Waals surface area contributed by atoms with E-state index in [9.17, 15) is 0 Å². The molecule has 39 heavy (non-hydrogen) atoms. The smallest absolute Gasteiger partial charge is 0.192 e. The van der Waals surface area contributed by atoms with Crippen LogP contribution in [0, 0.1) is 6.92 Å². The Kier molecular flexibility index (Phi) is 9.44. The lowest BCUT2D eigenvalue weighted by atomic mass is 10.1. The van der Waals surface area contributed by atoms with Gasteiger partial charge >= 0.3 is 0 Å². The minimum atomic E-state index is -2.02. The van der Waals surface area contributed by atoms with Crippen molar-refractivity contribution in [2.24, 2.45) is 0 Å². The second kappa shape index (κ2) is 12.4. The minimum Gasteiger partial charge on any atom is -0.410 e. The molecule has 0 fully saturated rings. The van der Waals surface area contributed by atoms with Gasteiger partial charge in [-0.15, -0.1) is 11.3 Å². The van der Waals surface area contributed by atoms with Crippen molar-refractivity contribution in [2.75, 3.05) is 6.16 Å². The van der Waals surface area contributed by atoms with E-state index in [0.717, 1.165) is 23.3 Å². The molecule has 1 heterocycles. The molecule has 1 aromatic heterocycles. The van der Waals surface area contributed by atoms with Crippen LogP contribution in [0.1, 0.15) is 44.8 Å². The van der Waals surface area contributed by atoms with Gasteiger partial charge in [-0.25, -0.2) is 4.98 Å². The number of hydrogen-bond donors (Lipinski definition) is 0. The highest BCUT2D eigenvalue weighted by atomic mass is 32.1. The van der Waals surface area contributed by atoms with E-state index < -0.39 is 15.6 Å². The average molecular weight is 573 g/mol. The third-order valence-corrected chi connectivity index (χ3v) is 17.8. The lowest BCUT2D eigenvalue weighted by Gasteiger charge is -2.40. The van der Waals surface area contributed by atoms with Crippen molar-refractivity contribution in [3.8, 4) is 0 Å². The first-order valence-electron chi connectivity index (χ1n) is 13.9. The Hall–Kier alpha value is -2.36. The van der Waals surface area contributed by atoms with Crippen LogP contribution in [0.2, 0.25) is 18.1 Å². The van der Waals surface area contributed by atoms with Gasteiger partial charge in [0.1, 0.15) is 23.2 Å². The van der Waals surface area contributed by atoms with Gasteiger partial charge in [-0.2, -0.15) is 0 Å². The molecule has 0 aliphatic heterocycles. The van der Waals surface area contributed by atoms with Gasteiger partial charge in [0.05, 0.1) is 23.0 Å². The molecule has 0 aliphatic rings. The van der Waals surface area contributed by atoms with Gasteiger partial charge in [-0.3, -0.25) is 0 Å². The summed E-state index contributed by atoms with van der Waals surface area (Å²) in [6.45, 7) is 16.0. The number of hydrogen-bond acceptors (Lipinski definition) is 3. The Morgan fingerprint density at radius 1 is 0.872 bits per heavy atom. The third kappa shape index (κ3) is 6.87. The van der Waals surface area contributed by atoms with Gasteiger partial charge < -0.3 is 4.43 Å². The summed E-state index contributed by atoms with van der Waals surface area (Å²) in [6, 6.07) is 33.5. The highest BCUT2D eigenvalue weighted by Gasteiger charge is 2.46. The normalized spacial score (nSPS) is 13.9. The summed E-state index contributed by atoms with van der Waals surface area (Å²) in [5, 5.41) is 7.64. The Labute approximate surface area is 241 Å². The van der Waals surface area contributed by atoms with Crippen molar-refractivity contribution >= 4 is 48.9 Å². The molecule has 204 valence electrons. The van der Waals surface area contributed by atoms with E-state index in [1.165, 1.54) is 21.5 Å². The van der Waals surface area contributed by atoms with Crippen molar-refractivity contribution in [2.45, 2.75) is 65.3 Å². The minimum absolute atomic E-state index is 0.0309. The van der Waals surface area contributed by atoms with E-state index in [-0.39, 0.29) is 11.1 Å². The van der Waals surface area contributed by atoms with Crippen LogP contribution in [0.3, 0.4) is 0 Å². The maximum absolute atomic E-state index is 7.21. The quantitative estimate of drug-likeness (QED) is 0.140. The molecule has 5 heteroatoms. The Balaban J connectivity index is 1.82. The first-order chi connectivity index (χ1) is 18.5. The highest BCUT2D eigenvalue weighted by molar-refractivity contribution is 7.95. The summed E-state index contributed by atoms with van der Waals surface area (Å²) >= 11 is 1.70. The molecule has 0 amide bonds. The van der Waals surface area contributed by atoms with Gasteiger partial charge in [0.2, 0.25) is 0 Å². The molecule has 1 atom stereocenters. The predicted octanol–water partition coefficient (Wildman–Crippen LogP) is 8.63. The van der Waals surface area contributed by atoms with Crippen molar-refractivity contribution in [3.05, 3.63) is 113 Å². The Morgan fingerprint density at radius 2 is 1.33 bits per heavy atom. The molecule has 0 spiro atoms. The Bertz CT molecular complexity index is 1260. The molecule has 3 aromatic carbocycles. The zero-order valence-corrected chi connectivity index (χ0v) is 27.2. The van der Waals surface area contributed by atoms with Gasteiger partial charge in [-0.1, -0.05) is 75.4 Å². The molecule has 0 bridgehead atoms. The standard InChI is InChI=1S/C34H43NOPSSi/c1-27(25-29-26-38-28(2)35-29)33(36-39(6,7)34(3,4)5)23-24-37(30-17-11-8-12-18-30,31-19-13-9-14-20-31)32-21-15-10-16-22-32/h8-22,25-26,33H,23-24H2,1-7H3/q+1. The second-order valence-corrected chi connectivity index (χ2v) is 21.3. The summed E-state index contributed by atoms with van der Waals surface area (Å²) < 4.78 is 7.21. The lowest BCUT2D eigenvalue weighted by Crippen LogP contribution is -2.45. The van der Waals surface area contributed by atoms with Crippen LogP contribution in [0.5, 0.6) is 0 Å². The first-order valence-corrected chi connectivity index (χ1v) is 19.6. The number of nitrogens with zero attached hydrogens (tertiary/aromatic N) is 1. The zero-order valence-electron chi connectivity index (χ0n) is 24.5. The van der Waals surface area contributed by atoms with Crippen LogP contribution >= 0.6 is 18.6 Å².